The van der Waals surface area contributed by atoms with Crippen LogP contribution in [0.4, 0.5) is 0 Å². The Bertz CT molecular complexity index is 381. The molecule has 0 aromatic carbocycles. The molecular formula is C12H21N3O2. The van der Waals surface area contributed by atoms with E-state index in [2.05, 4.69) is 24.5 Å². The van der Waals surface area contributed by atoms with E-state index in [4.69, 9.17) is 0 Å². The lowest BCUT2D eigenvalue weighted by atomic mass is 9.86. The highest BCUT2D eigenvalue weighted by Crippen LogP contribution is 2.33. The molecule has 5 nitrogen and oxygen atoms in total. The number of hydrogen-bond donors (Lipinski definition) is 2. The van der Waals surface area contributed by atoms with Crippen molar-refractivity contribution in [3.63, 3.8) is 0 Å². The summed E-state index contributed by atoms with van der Waals surface area (Å²) in [4.78, 5) is 10.9. The number of hydrogen-bond acceptors (Lipinski definition) is 4. The van der Waals surface area contributed by atoms with Crippen LogP contribution in [-0.4, -0.2) is 11.5 Å². The SMILES string of the molecule is CC1=CC(C)(C)C([N+](=O)[O-])=C(NCC(C)C)N1. The van der Waals surface area contributed by atoms with Crippen LogP contribution in [-0.2, 0) is 0 Å². The van der Waals surface area contributed by atoms with Gasteiger partial charge in [-0.3, -0.25) is 10.1 Å². The van der Waals surface area contributed by atoms with E-state index in [1.54, 1.807) is 0 Å². The van der Waals surface area contributed by atoms with E-state index >= 15 is 0 Å². The summed E-state index contributed by atoms with van der Waals surface area (Å²) < 4.78 is 0. The van der Waals surface area contributed by atoms with Gasteiger partial charge in [-0.15, -0.1) is 0 Å². The molecule has 5 heteroatoms. The molecule has 1 rings (SSSR count). The van der Waals surface area contributed by atoms with Gasteiger partial charge in [-0.25, -0.2) is 0 Å². The Kier molecular flexibility index (Phi) is 3.80. The van der Waals surface area contributed by atoms with Gasteiger partial charge in [0.15, 0.2) is 5.82 Å². The van der Waals surface area contributed by atoms with Crippen LogP contribution in [0.2, 0.25) is 0 Å². The van der Waals surface area contributed by atoms with Crippen LogP contribution in [0.25, 0.3) is 0 Å². The average molecular weight is 239 g/mol. The molecule has 0 saturated carbocycles. The molecule has 0 unspecified atom stereocenters. The van der Waals surface area contributed by atoms with Gasteiger partial charge >= 0.3 is 0 Å². The molecule has 96 valence electrons. The van der Waals surface area contributed by atoms with Crippen LogP contribution >= 0.6 is 0 Å². The highest BCUT2D eigenvalue weighted by molar-refractivity contribution is 5.28. The van der Waals surface area contributed by atoms with Crippen molar-refractivity contribution in [3.05, 3.63) is 33.4 Å². The molecule has 0 aliphatic carbocycles. The van der Waals surface area contributed by atoms with Crippen molar-refractivity contribution in [2.24, 2.45) is 11.3 Å². The second kappa shape index (κ2) is 4.77. The first kappa shape index (κ1) is 13.5. The molecule has 2 N–H and O–H groups in total. The lowest BCUT2D eigenvalue weighted by Crippen LogP contribution is -2.38. The molecular weight excluding hydrogens is 218 g/mol. The van der Waals surface area contributed by atoms with Gasteiger partial charge in [0.1, 0.15) is 0 Å². The predicted octanol–water partition coefficient (Wildman–Crippen LogP) is 2.21. The summed E-state index contributed by atoms with van der Waals surface area (Å²) in [6.07, 6.45) is 1.88. The number of allylic oxidation sites excluding steroid dienone is 2. The first-order chi connectivity index (χ1) is 7.74. The Balaban J connectivity index is 3.04. The van der Waals surface area contributed by atoms with Crippen molar-refractivity contribution < 1.29 is 4.92 Å². The normalized spacial score (nSPS) is 18.8. The zero-order chi connectivity index (χ0) is 13.2. The first-order valence-corrected chi connectivity index (χ1v) is 5.83. The Morgan fingerprint density at radius 1 is 1.53 bits per heavy atom. The maximum atomic E-state index is 11.2. The third-order valence-electron chi connectivity index (χ3n) is 2.62. The summed E-state index contributed by atoms with van der Waals surface area (Å²) >= 11 is 0. The maximum absolute atomic E-state index is 11.2. The van der Waals surface area contributed by atoms with E-state index < -0.39 is 5.41 Å². The quantitative estimate of drug-likeness (QED) is 0.583. The molecule has 1 heterocycles. The molecule has 1 aliphatic rings. The zero-order valence-electron chi connectivity index (χ0n) is 11.1. The summed E-state index contributed by atoms with van der Waals surface area (Å²) in [5.41, 5.74) is 0.577. The Morgan fingerprint density at radius 3 is 2.59 bits per heavy atom. The zero-order valence-corrected chi connectivity index (χ0v) is 11.1. The third-order valence-corrected chi connectivity index (χ3v) is 2.62. The van der Waals surface area contributed by atoms with Crippen LogP contribution in [0.1, 0.15) is 34.6 Å². The molecule has 0 aromatic heterocycles. The minimum atomic E-state index is -0.557. The fourth-order valence-corrected chi connectivity index (χ4v) is 1.98. The van der Waals surface area contributed by atoms with E-state index in [1.165, 1.54) is 0 Å². The Hall–Kier alpha value is -1.52. The lowest BCUT2D eigenvalue weighted by molar-refractivity contribution is -0.439. The van der Waals surface area contributed by atoms with Crippen molar-refractivity contribution in [1.29, 1.82) is 0 Å². The summed E-state index contributed by atoms with van der Waals surface area (Å²) in [5, 5.41) is 17.3. The molecule has 0 spiro atoms. The van der Waals surface area contributed by atoms with Gasteiger partial charge in [-0.1, -0.05) is 13.8 Å². The van der Waals surface area contributed by atoms with Gasteiger partial charge in [0.25, 0.3) is 5.70 Å². The summed E-state index contributed by atoms with van der Waals surface area (Å²) in [5.74, 6) is 0.959. The second-order valence-corrected chi connectivity index (χ2v) is 5.43. The highest BCUT2D eigenvalue weighted by Gasteiger charge is 2.38. The smallest absolute Gasteiger partial charge is 0.295 e. The molecule has 0 saturated heterocycles. The summed E-state index contributed by atoms with van der Waals surface area (Å²) in [7, 11) is 0. The Labute approximate surface area is 102 Å². The molecule has 0 fully saturated rings. The van der Waals surface area contributed by atoms with Gasteiger partial charge in [-0.2, -0.15) is 0 Å². The van der Waals surface area contributed by atoms with E-state index in [1.807, 2.05) is 26.8 Å². The lowest BCUT2D eigenvalue weighted by Gasteiger charge is -2.27. The first-order valence-electron chi connectivity index (χ1n) is 5.83. The number of nitro groups is 1. The van der Waals surface area contributed by atoms with Crippen LogP contribution < -0.4 is 10.6 Å². The van der Waals surface area contributed by atoms with Gasteiger partial charge in [0.05, 0.1) is 10.3 Å². The number of nitrogens with zero attached hydrogens (tertiary/aromatic N) is 1. The molecule has 0 bridgehead atoms. The monoisotopic (exact) mass is 239 g/mol. The van der Waals surface area contributed by atoms with Crippen LogP contribution in [0.5, 0.6) is 0 Å². The van der Waals surface area contributed by atoms with Gasteiger partial charge in [0.2, 0.25) is 0 Å². The minimum Gasteiger partial charge on any atom is -0.366 e. The molecule has 17 heavy (non-hydrogen) atoms. The van der Waals surface area contributed by atoms with Crippen molar-refractivity contribution in [3.8, 4) is 0 Å². The molecule has 1 aliphatic heterocycles. The highest BCUT2D eigenvalue weighted by atomic mass is 16.6. The summed E-state index contributed by atoms with van der Waals surface area (Å²) in [6, 6.07) is 0. The Morgan fingerprint density at radius 2 is 2.12 bits per heavy atom. The molecule has 0 radical (unpaired) electrons. The van der Waals surface area contributed by atoms with Crippen LogP contribution in [0.3, 0.4) is 0 Å². The van der Waals surface area contributed by atoms with Crippen LogP contribution in [0, 0.1) is 21.4 Å². The largest absolute Gasteiger partial charge is 0.366 e. The topological polar surface area (TPSA) is 67.2 Å². The van der Waals surface area contributed by atoms with Gasteiger partial charge in [0, 0.05) is 12.2 Å². The van der Waals surface area contributed by atoms with Crippen molar-refractivity contribution >= 4 is 0 Å². The van der Waals surface area contributed by atoms with Crippen molar-refractivity contribution in [1.82, 2.24) is 10.6 Å². The van der Waals surface area contributed by atoms with Gasteiger partial charge in [-0.05, 0) is 32.8 Å². The fourth-order valence-electron chi connectivity index (χ4n) is 1.98. The van der Waals surface area contributed by atoms with E-state index in [0.29, 0.717) is 18.3 Å². The maximum Gasteiger partial charge on any atom is 0.295 e. The van der Waals surface area contributed by atoms with E-state index in [-0.39, 0.29) is 10.6 Å². The molecule has 0 atom stereocenters. The molecule has 0 amide bonds. The fraction of sp³-hybridized carbons (Fsp3) is 0.667. The summed E-state index contributed by atoms with van der Waals surface area (Å²) in [6.45, 7) is 10.5. The van der Waals surface area contributed by atoms with E-state index in [0.717, 1.165) is 5.70 Å². The van der Waals surface area contributed by atoms with Crippen molar-refractivity contribution in [2.45, 2.75) is 34.6 Å². The van der Waals surface area contributed by atoms with Crippen LogP contribution in [0.15, 0.2) is 23.3 Å². The minimum absolute atomic E-state index is 0.198. The standard InChI is InChI=1S/C12H21N3O2/c1-8(2)7-13-11-10(15(16)17)12(4,5)6-9(3)14-11/h6,8,13-14H,7H2,1-5H3. The average Bonchev–Trinajstić information content (AvgIpc) is 2.10. The van der Waals surface area contributed by atoms with Gasteiger partial charge < -0.3 is 10.6 Å². The number of dihydropyridines is 1. The third kappa shape index (κ3) is 3.22. The number of rotatable bonds is 4. The number of nitrogens with one attached hydrogen (secondary N) is 2. The van der Waals surface area contributed by atoms with E-state index in [9.17, 15) is 10.1 Å². The predicted molar refractivity (Wildman–Crippen MR) is 67.5 cm³/mol. The molecule has 0 aromatic rings. The van der Waals surface area contributed by atoms with Crippen molar-refractivity contribution in [2.75, 3.05) is 6.54 Å². The second-order valence-electron chi connectivity index (χ2n) is 5.43.